The zero-order valence-corrected chi connectivity index (χ0v) is 11.4. The van der Waals surface area contributed by atoms with Crippen molar-refractivity contribution in [3.05, 3.63) is 0 Å². The van der Waals surface area contributed by atoms with E-state index in [1.165, 1.54) is 30.3 Å². The summed E-state index contributed by atoms with van der Waals surface area (Å²) in [6.07, 6.45) is 1.24. The first-order valence-corrected chi connectivity index (χ1v) is 13.3. The van der Waals surface area contributed by atoms with Crippen molar-refractivity contribution in [3.63, 3.8) is 0 Å². The van der Waals surface area contributed by atoms with Gasteiger partial charge in [-0.2, -0.15) is 0 Å². The van der Waals surface area contributed by atoms with E-state index in [-0.39, 0.29) is 0 Å². The van der Waals surface area contributed by atoms with Crippen LogP contribution < -0.4 is 0 Å². The minimum absolute atomic E-state index is 1.12. The first kappa shape index (κ1) is 11.3. The Morgan fingerprint density at radius 3 is 2.89 bits per heavy atom. The fourth-order valence-corrected chi connectivity index (χ4v) is 20.2. The van der Waals surface area contributed by atoms with Gasteiger partial charge in [0.15, 0.2) is 0 Å². The molecule has 0 bridgehead atoms. The first-order valence-electron chi connectivity index (χ1n) is 2.64. The Kier molecular flexibility index (Phi) is 13.0. The topological polar surface area (TPSA) is 0 Å². The lowest BCUT2D eigenvalue weighted by Crippen LogP contribution is -1.51. The molecule has 0 nitrogen and oxygen atoms in total. The largest absolute Gasteiger partial charge is 0.110 e. The lowest BCUT2D eigenvalue weighted by atomic mass is 10.6. The van der Waals surface area contributed by atoms with Crippen LogP contribution in [0.2, 0.25) is 0 Å². The maximum Gasteiger partial charge on any atom is -0.0333 e. The van der Waals surface area contributed by atoms with Crippen molar-refractivity contribution < 1.29 is 0 Å². The summed E-state index contributed by atoms with van der Waals surface area (Å²) in [6, 6.07) is 0. The molecule has 0 aromatic rings. The zero-order valence-electron chi connectivity index (χ0n) is 5.31. The summed E-state index contributed by atoms with van der Waals surface area (Å²) in [5.41, 5.74) is 0. The molecule has 0 aromatic carbocycles. The minimum atomic E-state index is 1.12. The molecule has 0 aliphatic carbocycles. The lowest BCUT2D eigenvalue weighted by molar-refractivity contribution is 1.35. The van der Waals surface area contributed by atoms with Crippen molar-refractivity contribution >= 4 is 54.4 Å². The van der Waals surface area contributed by atoms with Gasteiger partial charge in [-0.25, -0.2) is 0 Å². The summed E-state index contributed by atoms with van der Waals surface area (Å²) in [6.45, 7) is 2.21. The molecule has 6 heteroatoms. The predicted octanol–water partition coefficient (Wildman–Crippen LogP) is 4.31. The Labute approximate surface area is 68.1 Å². The van der Waals surface area contributed by atoms with Gasteiger partial charge in [0.25, 0.3) is 0 Å². The van der Waals surface area contributed by atoms with Gasteiger partial charge in [-0.05, 0) is 14.4 Å². The molecule has 0 spiro atoms. The molecule has 9 heavy (non-hydrogen) atoms. The third-order valence-electron chi connectivity index (χ3n) is 0.529. The van der Waals surface area contributed by atoms with E-state index in [0.29, 0.717) is 0 Å². The van der Waals surface area contributed by atoms with Crippen molar-refractivity contribution in [2.45, 2.75) is 13.3 Å². The Morgan fingerprint density at radius 2 is 2.33 bits per heavy atom. The molecule has 0 N–H and O–H groups in total. The van der Waals surface area contributed by atoms with Crippen molar-refractivity contribution in [1.29, 1.82) is 0 Å². The minimum Gasteiger partial charge on any atom is -0.110 e. The number of rotatable bonds is 5. The van der Waals surface area contributed by atoms with Gasteiger partial charge in [0.1, 0.15) is 0 Å². The van der Waals surface area contributed by atoms with Crippen molar-refractivity contribution in [2.75, 3.05) is 0 Å². The van der Waals surface area contributed by atoms with Crippen LogP contribution in [-0.4, -0.2) is 5.80 Å². The van der Waals surface area contributed by atoms with Crippen LogP contribution in [0.25, 0.3) is 0 Å². The Morgan fingerprint density at radius 1 is 1.56 bits per heavy atom. The maximum absolute atomic E-state index is 2.82. The molecule has 0 aromatic heterocycles. The van der Waals surface area contributed by atoms with E-state index in [0.717, 1.165) is 7.96 Å². The molecule has 0 fully saturated rings. The van der Waals surface area contributed by atoms with Crippen LogP contribution in [0.3, 0.4) is 0 Å². The van der Waals surface area contributed by atoms with Crippen LogP contribution in [-0.2, 0) is 0 Å². The monoisotopic (exact) mass is 234 g/mol. The van der Waals surface area contributed by atoms with E-state index in [9.17, 15) is 0 Å². The van der Waals surface area contributed by atoms with Crippen LogP contribution >= 0.6 is 48.7 Å². The van der Waals surface area contributed by atoms with Crippen LogP contribution in [0.4, 0.5) is 0 Å². The third kappa shape index (κ3) is 10.3. The average molecular weight is 234 g/mol. The zero-order chi connectivity index (χ0) is 6.95. The average Bonchev–Trinajstić information content (AvgIpc) is 1.89. The second kappa shape index (κ2) is 10.3. The van der Waals surface area contributed by atoms with E-state index in [4.69, 9.17) is 0 Å². The van der Waals surface area contributed by atoms with Gasteiger partial charge in [-0.1, -0.05) is 44.5 Å². The van der Waals surface area contributed by atoms with Gasteiger partial charge in [-0.3, -0.25) is 0 Å². The summed E-state index contributed by atoms with van der Waals surface area (Å²) < 4.78 is 0. The fraction of sp³-hybridized carbons (Fsp3) is 0.667. The highest BCUT2D eigenvalue weighted by Crippen LogP contribution is 2.68. The second-order valence-electron chi connectivity index (χ2n) is 1.23. The fourth-order valence-electron chi connectivity index (χ4n) is 0.233. The Bertz CT molecular complexity index is 70.7. The molecule has 54 valence electrons. The molecule has 0 aliphatic rings. The predicted molar refractivity (Wildman–Crippen MR) is 66.2 cm³/mol. The lowest BCUT2D eigenvalue weighted by Gasteiger charge is -1.90. The molecule has 0 amide bonds. The third-order valence-corrected chi connectivity index (χ3v) is 18.5. The van der Waals surface area contributed by atoms with Crippen LogP contribution in [0.1, 0.15) is 13.3 Å². The summed E-state index contributed by atoms with van der Waals surface area (Å²) in [5.74, 6) is 2.36. The molecular formula is C3H12P6. The number of hydrogen-bond acceptors (Lipinski definition) is 0. The van der Waals surface area contributed by atoms with E-state index in [1.54, 1.807) is 7.89 Å². The first-order chi connectivity index (χ1) is 4.41. The Balaban J connectivity index is 2.82. The quantitative estimate of drug-likeness (QED) is 0.491. The molecular weight excluding hydrogens is 222 g/mol. The number of hydrogen-bond donors (Lipinski definition) is 0. The van der Waals surface area contributed by atoms with E-state index < -0.39 is 0 Å². The second-order valence-corrected chi connectivity index (χ2v) is 15.8. The SMILES string of the molecule is CC/C=P/PPPPP. The van der Waals surface area contributed by atoms with Crippen molar-refractivity contribution in [2.24, 2.45) is 0 Å². The van der Waals surface area contributed by atoms with E-state index in [1.807, 2.05) is 0 Å². The highest BCUT2D eigenvalue weighted by molar-refractivity contribution is 8.73. The van der Waals surface area contributed by atoms with Gasteiger partial charge in [0, 0.05) is 0 Å². The Hall–Kier alpha value is 2.32. The van der Waals surface area contributed by atoms with Gasteiger partial charge in [-0.15, -0.1) is 8.93 Å². The highest BCUT2D eigenvalue weighted by Gasteiger charge is 1.78. The van der Waals surface area contributed by atoms with Crippen molar-refractivity contribution in [1.82, 2.24) is 0 Å². The van der Waals surface area contributed by atoms with E-state index >= 15 is 0 Å². The maximum atomic E-state index is 2.82. The molecule has 5 unspecified atom stereocenters. The molecule has 0 radical (unpaired) electrons. The molecule has 0 rings (SSSR count). The van der Waals surface area contributed by atoms with Gasteiger partial charge in [0.05, 0.1) is 0 Å². The summed E-state index contributed by atoms with van der Waals surface area (Å²) >= 11 is 0. The molecule has 5 atom stereocenters. The van der Waals surface area contributed by atoms with Crippen LogP contribution in [0, 0.1) is 0 Å². The van der Waals surface area contributed by atoms with Crippen molar-refractivity contribution in [3.8, 4) is 0 Å². The molecule has 0 saturated carbocycles. The van der Waals surface area contributed by atoms with Crippen LogP contribution in [0.15, 0.2) is 0 Å². The van der Waals surface area contributed by atoms with Crippen LogP contribution in [0.5, 0.6) is 0 Å². The smallest absolute Gasteiger partial charge is 0.0333 e. The normalized spacial score (nSPS) is 16.2. The van der Waals surface area contributed by atoms with Gasteiger partial charge in [0.2, 0.25) is 0 Å². The molecule has 0 heterocycles. The summed E-state index contributed by atoms with van der Waals surface area (Å²) in [4.78, 5) is 0. The summed E-state index contributed by atoms with van der Waals surface area (Å²) in [7, 11) is 9.19. The van der Waals surface area contributed by atoms with Gasteiger partial charge < -0.3 is 0 Å². The summed E-state index contributed by atoms with van der Waals surface area (Å²) in [5, 5.41) is 0. The molecule has 0 aliphatic heterocycles. The van der Waals surface area contributed by atoms with Gasteiger partial charge >= 0.3 is 0 Å². The molecule has 0 saturated heterocycles. The van der Waals surface area contributed by atoms with E-state index in [2.05, 4.69) is 21.6 Å². The highest BCUT2D eigenvalue weighted by atomic mass is 32.8. The standard InChI is InChI=1S/C3H12P6/c1-2-3-5-7-9-8-6-4/h3,6-9H,2,4H2,1H3.